The Bertz CT molecular complexity index is 1610. The predicted molar refractivity (Wildman–Crippen MR) is 148 cm³/mol. The second-order valence-corrected chi connectivity index (χ2v) is 10.3. The summed E-state index contributed by atoms with van der Waals surface area (Å²) in [6, 6.07) is 31.2. The van der Waals surface area contributed by atoms with Gasteiger partial charge in [0.1, 0.15) is 0 Å². The Hall–Kier alpha value is -4.10. The Labute approximate surface area is 207 Å². The molecule has 0 radical (unpaired) electrons. The SMILES string of the molecule is C=C1/C2=C\C=C/N(c3ccc4c(c3)C(C)(C)c3ccccc3-4)c3cccc(c31)-c1ccccc1C2. The zero-order valence-electron chi connectivity index (χ0n) is 20.2. The molecule has 35 heavy (non-hydrogen) atoms. The second kappa shape index (κ2) is 7.20. The first-order valence-corrected chi connectivity index (χ1v) is 12.4. The van der Waals surface area contributed by atoms with Crippen molar-refractivity contribution in [3.63, 3.8) is 0 Å². The van der Waals surface area contributed by atoms with Gasteiger partial charge in [-0.3, -0.25) is 0 Å². The van der Waals surface area contributed by atoms with Crippen molar-refractivity contribution in [3.8, 4) is 22.3 Å². The molecule has 0 saturated carbocycles. The van der Waals surface area contributed by atoms with Gasteiger partial charge in [0, 0.05) is 22.9 Å². The monoisotopic (exact) mass is 449 g/mol. The highest BCUT2D eigenvalue weighted by atomic mass is 15.1. The number of hydrogen-bond donors (Lipinski definition) is 0. The van der Waals surface area contributed by atoms with Gasteiger partial charge in [-0.25, -0.2) is 0 Å². The molecule has 1 nitrogen and oxygen atoms in total. The summed E-state index contributed by atoms with van der Waals surface area (Å²) in [5.41, 5.74) is 15.4. The van der Waals surface area contributed by atoms with Gasteiger partial charge in [-0.05, 0) is 80.8 Å². The van der Waals surface area contributed by atoms with E-state index < -0.39 is 0 Å². The third kappa shape index (κ3) is 2.82. The van der Waals surface area contributed by atoms with Crippen LogP contribution in [0.5, 0.6) is 0 Å². The Morgan fingerprint density at radius 3 is 2.37 bits per heavy atom. The Kier molecular flexibility index (Phi) is 4.17. The fourth-order valence-electron chi connectivity index (χ4n) is 6.24. The minimum Gasteiger partial charge on any atom is -0.317 e. The third-order valence-corrected chi connectivity index (χ3v) is 8.06. The quantitative estimate of drug-likeness (QED) is 0.281. The lowest BCUT2D eigenvalue weighted by atomic mass is 9.82. The molecule has 0 spiro atoms. The first kappa shape index (κ1) is 20.3. The number of allylic oxidation sites excluding steroid dienone is 4. The number of anilines is 2. The number of hydrogen-bond acceptors (Lipinski definition) is 1. The van der Waals surface area contributed by atoms with Gasteiger partial charge in [-0.2, -0.15) is 0 Å². The predicted octanol–water partition coefficient (Wildman–Crippen LogP) is 8.82. The van der Waals surface area contributed by atoms with E-state index in [-0.39, 0.29) is 5.41 Å². The minimum absolute atomic E-state index is 0.0302. The minimum atomic E-state index is -0.0302. The molecule has 0 aromatic heterocycles. The van der Waals surface area contributed by atoms with Gasteiger partial charge in [0.15, 0.2) is 0 Å². The molecule has 0 saturated heterocycles. The van der Waals surface area contributed by atoms with Crippen molar-refractivity contribution in [1.29, 1.82) is 0 Å². The van der Waals surface area contributed by atoms with E-state index >= 15 is 0 Å². The van der Waals surface area contributed by atoms with Gasteiger partial charge >= 0.3 is 0 Å². The van der Waals surface area contributed by atoms with Crippen LogP contribution < -0.4 is 4.90 Å². The fourth-order valence-corrected chi connectivity index (χ4v) is 6.24. The van der Waals surface area contributed by atoms with E-state index in [1.54, 1.807) is 0 Å². The van der Waals surface area contributed by atoms with Crippen LogP contribution in [0.4, 0.5) is 11.4 Å². The maximum absolute atomic E-state index is 4.60. The summed E-state index contributed by atoms with van der Waals surface area (Å²) in [6.07, 6.45) is 7.53. The molecule has 0 atom stereocenters. The van der Waals surface area contributed by atoms with Crippen LogP contribution in [0.25, 0.3) is 27.8 Å². The average molecular weight is 450 g/mol. The smallest absolute Gasteiger partial charge is 0.0540 e. The zero-order valence-corrected chi connectivity index (χ0v) is 20.2. The largest absolute Gasteiger partial charge is 0.317 e. The molecule has 2 aliphatic carbocycles. The van der Waals surface area contributed by atoms with Gasteiger partial charge in [-0.15, -0.1) is 0 Å². The van der Waals surface area contributed by atoms with Crippen molar-refractivity contribution in [2.75, 3.05) is 4.90 Å². The summed E-state index contributed by atoms with van der Waals surface area (Å²) in [5, 5.41) is 0. The van der Waals surface area contributed by atoms with Gasteiger partial charge in [0.25, 0.3) is 0 Å². The van der Waals surface area contributed by atoms with E-state index in [9.17, 15) is 0 Å². The van der Waals surface area contributed by atoms with Crippen molar-refractivity contribution < 1.29 is 0 Å². The molecule has 7 rings (SSSR count). The molecule has 0 fully saturated rings. The van der Waals surface area contributed by atoms with Gasteiger partial charge in [0.05, 0.1) is 5.69 Å². The summed E-state index contributed by atoms with van der Waals surface area (Å²) < 4.78 is 0. The van der Waals surface area contributed by atoms with Crippen molar-refractivity contribution in [3.05, 3.63) is 138 Å². The Morgan fingerprint density at radius 2 is 1.49 bits per heavy atom. The van der Waals surface area contributed by atoms with Crippen LogP contribution in [0.15, 0.2) is 115 Å². The molecule has 2 bridgehead atoms. The lowest BCUT2D eigenvalue weighted by Crippen LogP contribution is -2.17. The Balaban J connectivity index is 1.46. The lowest BCUT2D eigenvalue weighted by molar-refractivity contribution is 0.660. The van der Waals surface area contributed by atoms with Crippen LogP contribution >= 0.6 is 0 Å². The topological polar surface area (TPSA) is 3.24 Å². The summed E-state index contributed by atoms with van der Waals surface area (Å²) in [4.78, 5) is 2.34. The number of fused-ring (bicyclic) bond motifs is 6. The van der Waals surface area contributed by atoms with E-state index in [4.69, 9.17) is 0 Å². The highest BCUT2D eigenvalue weighted by molar-refractivity contribution is 5.98. The average Bonchev–Trinajstić information content (AvgIpc) is 3.02. The molecule has 1 aliphatic heterocycles. The maximum atomic E-state index is 4.60. The van der Waals surface area contributed by atoms with Crippen LogP contribution in [0.1, 0.15) is 36.1 Å². The summed E-state index contributed by atoms with van der Waals surface area (Å²) in [5.74, 6) is 0. The molecule has 3 aliphatic rings. The standard InChI is InChI=1S/C34H27N/c1-22-23-11-9-19-35(32-16-8-14-29(33(22)32)26-12-5-4-10-24(26)20-23)25-17-18-28-27-13-6-7-15-30(27)34(2,3)31(28)21-25/h4-19,21H,1,20H2,2-3H3/b19-9-,23-11-. The maximum Gasteiger partial charge on any atom is 0.0540 e. The number of nitrogens with zero attached hydrogens (tertiary/aromatic N) is 1. The zero-order chi connectivity index (χ0) is 23.7. The lowest BCUT2D eigenvalue weighted by Gasteiger charge is -2.29. The molecule has 0 unspecified atom stereocenters. The molecular formula is C34H27N. The first-order chi connectivity index (χ1) is 17.0. The highest BCUT2D eigenvalue weighted by Gasteiger charge is 2.35. The van der Waals surface area contributed by atoms with Crippen LogP contribution in [0.2, 0.25) is 0 Å². The van der Waals surface area contributed by atoms with E-state index in [1.165, 1.54) is 61.5 Å². The van der Waals surface area contributed by atoms with Gasteiger partial charge in [-0.1, -0.05) is 93.2 Å². The van der Waals surface area contributed by atoms with Gasteiger partial charge < -0.3 is 4.90 Å². The number of rotatable bonds is 1. The first-order valence-electron chi connectivity index (χ1n) is 12.4. The van der Waals surface area contributed by atoms with Crippen LogP contribution in [0, 0.1) is 0 Å². The van der Waals surface area contributed by atoms with Crippen LogP contribution in [-0.4, -0.2) is 0 Å². The van der Waals surface area contributed by atoms with Crippen LogP contribution in [-0.2, 0) is 11.8 Å². The molecule has 168 valence electrons. The van der Waals surface area contributed by atoms with E-state index in [2.05, 4.69) is 129 Å². The fraction of sp³-hybridized carbons (Fsp3) is 0.118. The number of benzene rings is 4. The normalized spacial score (nSPS) is 18.9. The van der Waals surface area contributed by atoms with Gasteiger partial charge in [0.2, 0.25) is 0 Å². The molecule has 1 heterocycles. The van der Waals surface area contributed by atoms with Crippen LogP contribution in [0.3, 0.4) is 0 Å². The second-order valence-electron chi connectivity index (χ2n) is 10.3. The van der Waals surface area contributed by atoms with Crippen molar-refractivity contribution in [1.82, 2.24) is 0 Å². The van der Waals surface area contributed by atoms with Crippen molar-refractivity contribution in [2.24, 2.45) is 0 Å². The Morgan fingerprint density at radius 1 is 0.743 bits per heavy atom. The molecular weight excluding hydrogens is 422 g/mol. The van der Waals surface area contributed by atoms with E-state index in [0.29, 0.717) is 0 Å². The molecule has 0 N–H and O–H groups in total. The van der Waals surface area contributed by atoms with E-state index in [0.717, 1.165) is 12.0 Å². The molecule has 4 aromatic carbocycles. The molecule has 0 amide bonds. The molecule has 4 aromatic rings. The van der Waals surface area contributed by atoms with E-state index in [1.807, 2.05) is 0 Å². The summed E-state index contributed by atoms with van der Waals surface area (Å²) >= 11 is 0. The third-order valence-electron chi connectivity index (χ3n) is 8.06. The summed E-state index contributed by atoms with van der Waals surface area (Å²) in [6.45, 7) is 9.28. The van der Waals surface area contributed by atoms with Crippen molar-refractivity contribution in [2.45, 2.75) is 25.7 Å². The summed E-state index contributed by atoms with van der Waals surface area (Å²) in [7, 11) is 0. The highest BCUT2D eigenvalue weighted by Crippen LogP contribution is 2.51. The van der Waals surface area contributed by atoms with Crippen molar-refractivity contribution >= 4 is 16.9 Å². The molecule has 1 heteroatoms.